The van der Waals surface area contributed by atoms with Gasteiger partial charge in [-0.25, -0.2) is 0 Å². The Kier molecular flexibility index (Phi) is 4.43. The number of carbonyl (C=O) groups excluding carboxylic acids is 1. The number of allylic oxidation sites excluding steroid dienone is 2. The highest BCUT2D eigenvalue weighted by atomic mass is 35.5. The zero-order chi connectivity index (χ0) is 13.0. The molecule has 0 aromatic heterocycles. The Labute approximate surface area is 113 Å². The second kappa shape index (κ2) is 6.05. The molecule has 0 radical (unpaired) electrons. The van der Waals surface area contributed by atoms with Crippen LogP contribution in [0.15, 0.2) is 36.4 Å². The van der Waals surface area contributed by atoms with Gasteiger partial charge in [-0.2, -0.15) is 0 Å². The molecule has 1 aromatic carbocycles. The van der Waals surface area contributed by atoms with Crippen molar-refractivity contribution in [2.75, 3.05) is 7.05 Å². The van der Waals surface area contributed by atoms with Crippen LogP contribution in [0.5, 0.6) is 0 Å². The van der Waals surface area contributed by atoms with E-state index >= 15 is 0 Å². The van der Waals surface area contributed by atoms with Crippen LogP contribution in [0.2, 0.25) is 5.02 Å². The summed E-state index contributed by atoms with van der Waals surface area (Å²) in [6.45, 7) is 0.621. The van der Waals surface area contributed by atoms with Crippen LogP contribution in [0, 0.1) is 5.92 Å². The number of hydrogen-bond donors (Lipinski definition) is 0. The lowest BCUT2D eigenvalue weighted by Crippen LogP contribution is -2.27. The SMILES string of the molecule is CN(Cc1cccc(Cl)c1)C(=O)CC1C=CCC1. The number of hydrogen-bond acceptors (Lipinski definition) is 1. The molecule has 1 amide bonds. The lowest BCUT2D eigenvalue weighted by atomic mass is 10.0. The van der Waals surface area contributed by atoms with Gasteiger partial charge in [-0.15, -0.1) is 0 Å². The zero-order valence-electron chi connectivity index (χ0n) is 10.6. The summed E-state index contributed by atoms with van der Waals surface area (Å²) in [6.07, 6.45) is 7.15. The van der Waals surface area contributed by atoms with Gasteiger partial charge in [0, 0.05) is 25.0 Å². The summed E-state index contributed by atoms with van der Waals surface area (Å²) in [4.78, 5) is 13.8. The second-order valence-electron chi connectivity index (χ2n) is 4.85. The second-order valence-corrected chi connectivity index (χ2v) is 5.29. The lowest BCUT2D eigenvalue weighted by Gasteiger charge is -2.19. The molecule has 0 N–H and O–H groups in total. The molecule has 1 aliphatic carbocycles. The largest absolute Gasteiger partial charge is 0.341 e. The molecule has 1 atom stereocenters. The third kappa shape index (κ3) is 3.61. The van der Waals surface area contributed by atoms with Crippen molar-refractivity contribution in [3.63, 3.8) is 0 Å². The molecule has 1 aromatic rings. The van der Waals surface area contributed by atoms with Gasteiger partial charge >= 0.3 is 0 Å². The third-order valence-electron chi connectivity index (χ3n) is 3.28. The van der Waals surface area contributed by atoms with E-state index in [0.717, 1.165) is 18.4 Å². The molecule has 0 saturated heterocycles. The fourth-order valence-electron chi connectivity index (χ4n) is 2.24. The van der Waals surface area contributed by atoms with E-state index in [-0.39, 0.29) is 5.91 Å². The Bertz CT molecular complexity index is 456. The quantitative estimate of drug-likeness (QED) is 0.760. The number of rotatable bonds is 4. The normalized spacial score (nSPS) is 18.0. The first-order valence-electron chi connectivity index (χ1n) is 6.30. The molecule has 1 aliphatic rings. The average Bonchev–Trinajstić information content (AvgIpc) is 2.81. The van der Waals surface area contributed by atoms with E-state index in [1.165, 1.54) is 0 Å². The maximum Gasteiger partial charge on any atom is 0.223 e. The molecule has 0 fully saturated rings. The minimum atomic E-state index is 0.200. The number of benzene rings is 1. The van der Waals surface area contributed by atoms with Gasteiger partial charge in [0.25, 0.3) is 0 Å². The monoisotopic (exact) mass is 263 g/mol. The predicted molar refractivity (Wildman–Crippen MR) is 74.4 cm³/mol. The van der Waals surface area contributed by atoms with Crippen LogP contribution in [0.4, 0.5) is 0 Å². The molecule has 0 spiro atoms. The number of amides is 1. The van der Waals surface area contributed by atoms with E-state index in [1.807, 2.05) is 31.3 Å². The predicted octanol–water partition coefficient (Wildman–Crippen LogP) is 3.65. The minimum absolute atomic E-state index is 0.200. The summed E-state index contributed by atoms with van der Waals surface area (Å²) < 4.78 is 0. The van der Waals surface area contributed by atoms with Crippen LogP contribution in [0.1, 0.15) is 24.8 Å². The van der Waals surface area contributed by atoms with Crippen LogP contribution in [0.3, 0.4) is 0 Å². The van der Waals surface area contributed by atoms with Crippen molar-refractivity contribution in [1.82, 2.24) is 4.90 Å². The van der Waals surface area contributed by atoms with Crippen molar-refractivity contribution in [2.45, 2.75) is 25.8 Å². The highest BCUT2D eigenvalue weighted by molar-refractivity contribution is 6.30. The van der Waals surface area contributed by atoms with Crippen LogP contribution in [-0.4, -0.2) is 17.9 Å². The van der Waals surface area contributed by atoms with Crippen LogP contribution in [-0.2, 0) is 11.3 Å². The summed E-state index contributed by atoms with van der Waals surface area (Å²) in [6, 6.07) is 7.65. The molecule has 18 heavy (non-hydrogen) atoms. The van der Waals surface area contributed by atoms with E-state index in [4.69, 9.17) is 11.6 Å². The van der Waals surface area contributed by atoms with Crippen LogP contribution >= 0.6 is 11.6 Å². The topological polar surface area (TPSA) is 20.3 Å². The first-order chi connectivity index (χ1) is 8.65. The number of carbonyl (C=O) groups is 1. The molecule has 1 unspecified atom stereocenters. The molecule has 2 rings (SSSR count). The Hall–Kier alpha value is -1.28. The molecule has 0 bridgehead atoms. The van der Waals surface area contributed by atoms with E-state index in [1.54, 1.807) is 4.90 Å². The van der Waals surface area contributed by atoms with E-state index in [0.29, 0.717) is 23.9 Å². The van der Waals surface area contributed by atoms with E-state index in [9.17, 15) is 4.79 Å². The summed E-state index contributed by atoms with van der Waals surface area (Å²) >= 11 is 5.93. The van der Waals surface area contributed by atoms with Gasteiger partial charge in [-0.05, 0) is 36.5 Å². The third-order valence-corrected chi connectivity index (χ3v) is 3.52. The summed E-state index contributed by atoms with van der Waals surface area (Å²) in [5, 5.41) is 0.715. The van der Waals surface area contributed by atoms with Gasteiger partial charge in [0.2, 0.25) is 5.91 Å². The standard InChI is InChI=1S/C15H18ClNO/c1-17(11-13-7-4-8-14(16)9-13)15(18)10-12-5-2-3-6-12/h2,4-5,7-9,12H,3,6,10-11H2,1H3. The van der Waals surface area contributed by atoms with Crippen LogP contribution < -0.4 is 0 Å². The van der Waals surface area contributed by atoms with Gasteiger partial charge in [0.15, 0.2) is 0 Å². The maximum absolute atomic E-state index is 12.0. The molecule has 0 saturated carbocycles. The Balaban J connectivity index is 1.88. The Morgan fingerprint density at radius 2 is 2.33 bits per heavy atom. The van der Waals surface area contributed by atoms with E-state index < -0.39 is 0 Å². The van der Waals surface area contributed by atoms with Gasteiger partial charge in [-0.1, -0.05) is 35.9 Å². The minimum Gasteiger partial charge on any atom is -0.341 e. The van der Waals surface area contributed by atoms with Gasteiger partial charge in [-0.3, -0.25) is 4.79 Å². The van der Waals surface area contributed by atoms with Crippen molar-refractivity contribution in [3.05, 3.63) is 47.0 Å². The summed E-state index contributed by atoms with van der Waals surface area (Å²) in [7, 11) is 1.85. The van der Waals surface area contributed by atoms with Crippen molar-refractivity contribution in [3.8, 4) is 0 Å². The fourth-order valence-corrected chi connectivity index (χ4v) is 2.46. The molecule has 0 aliphatic heterocycles. The smallest absolute Gasteiger partial charge is 0.223 e. The van der Waals surface area contributed by atoms with Gasteiger partial charge in [0.05, 0.1) is 0 Å². The Morgan fingerprint density at radius 1 is 1.50 bits per heavy atom. The maximum atomic E-state index is 12.0. The summed E-state index contributed by atoms with van der Waals surface area (Å²) in [5.74, 6) is 0.630. The Morgan fingerprint density at radius 3 is 3.00 bits per heavy atom. The molecular weight excluding hydrogens is 246 g/mol. The average molecular weight is 264 g/mol. The molecular formula is C15H18ClNO. The highest BCUT2D eigenvalue weighted by Crippen LogP contribution is 2.21. The first kappa shape index (κ1) is 13.2. The molecule has 96 valence electrons. The zero-order valence-corrected chi connectivity index (χ0v) is 11.4. The molecule has 3 heteroatoms. The van der Waals surface area contributed by atoms with Gasteiger partial charge in [0.1, 0.15) is 0 Å². The highest BCUT2D eigenvalue weighted by Gasteiger charge is 2.17. The first-order valence-corrected chi connectivity index (χ1v) is 6.68. The lowest BCUT2D eigenvalue weighted by molar-refractivity contribution is -0.131. The number of nitrogens with zero attached hydrogens (tertiary/aromatic N) is 1. The molecule has 2 nitrogen and oxygen atoms in total. The van der Waals surface area contributed by atoms with Crippen LogP contribution in [0.25, 0.3) is 0 Å². The van der Waals surface area contributed by atoms with E-state index in [2.05, 4.69) is 12.2 Å². The van der Waals surface area contributed by atoms with Crippen molar-refractivity contribution < 1.29 is 4.79 Å². The van der Waals surface area contributed by atoms with Gasteiger partial charge < -0.3 is 4.90 Å². The number of halogens is 1. The fraction of sp³-hybridized carbons (Fsp3) is 0.400. The van der Waals surface area contributed by atoms with Crippen molar-refractivity contribution >= 4 is 17.5 Å². The molecule has 0 heterocycles. The van der Waals surface area contributed by atoms with Crippen molar-refractivity contribution in [1.29, 1.82) is 0 Å². The van der Waals surface area contributed by atoms with Crippen molar-refractivity contribution in [2.24, 2.45) is 5.92 Å². The summed E-state index contributed by atoms with van der Waals surface area (Å²) in [5.41, 5.74) is 1.07.